The molecule has 96 valence electrons. The van der Waals surface area contributed by atoms with Crippen molar-refractivity contribution in [3.63, 3.8) is 0 Å². The van der Waals surface area contributed by atoms with Crippen molar-refractivity contribution in [1.82, 2.24) is 24.6 Å². The lowest BCUT2D eigenvalue weighted by Gasteiger charge is -2.06. The van der Waals surface area contributed by atoms with Gasteiger partial charge >= 0.3 is 0 Å². The smallest absolute Gasteiger partial charge is 0.199 e. The van der Waals surface area contributed by atoms with Crippen LogP contribution in [0.4, 0.5) is 0 Å². The number of rotatable bonds is 1. The maximum Gasteiger partial charge on any atom is 0.199 e. The summed E-state index contributed by atoms with van der Waals surface area (Å²) in [4.78, 5) is 8.48. The minimum absolute atomic E-state index is 0.329. The van der Waals surface area contributed by atoms with E-state index in [0.717, 1.165) is 11.4 Å². The van der Waals surface area contributed by atoms with E-state index in [9.17, 15) is 0 Å². The van der Waals surface area contributed by atoms with Gasteiger partial charge in [-0.25, -0.2) is 4.98 Å². The molecule has 0 spiro atoms. The summed E-state index contributed by atoms with van der Waals surface area (Å²) in [5.41, 5.74) is 2.96. The Hall–Kier alpha value is -1.72. The van der Waals surface area contributed by atoms with Crippen molar-refractivity contribution in [2.24, 2.45) is 0 Å². The summed E-state index contributed by atoms with van der Waals surface area (Å²) >= 11 is 11.9. The van der Waals surface area contributed by atoms with Gasteiger partial charge in [0.25, 0.3) is 0 Å². The molecule has 3 heterocycles. The molecule has 0 aliphatic heterocycles. The zero-order valence-electron chi connectivity index (χ0n) is 10.2. The number of aryl methyl sites for hydroxylation is 2. The minimum atomic E-state index is 0.329. The standard InChI is InChI=1S/C12H9Cl2N5/c1-6-7(2)19-11(9-4-3-8(13)5-15-9)17-18-12(19)10(14)16-6/h3-5H,1-2H3. The predicted octanol–water partition coefficient (Wildman–Crippen LogP) is 3.11. The molecular weight excluding hydrogens is 285 g/mol. The Morgan fingerprint density at radius 3 is 2.58 bits per heavy atom. The van der Waals surface area contributed by atoms with Gasteiger partial charge < -0.3 is 0 Å². The molecule has 0 saturated carbocycles. The SMILES string of the molecule is Cc1nc(Cl)c2nnc(-c3ccc(Cl)cn3)n2c1C. The number of halogens is 2. The molecule has 19 heavy (non-hydrogen) atoms. The molecule has 0 bridgehead atoms. The van der Waals surface area contributed by atoms with Gasteiger partial charge in [0.1, 0.15) is 5.69 Å². The number of hydrogen-bond donors (Lipinski definition) is 0. The first-order chi connectivity index (χ1) is 9.08. The molecule has 3 rings (SSSR count). The first-order valence-electron chi connectivity index (χ1n) is 5.57. The Morgan fingerprint density at radius 2 is 1.89 bits per heavy atom. The van der Waals surface area contributed by atoms with E-state index in [2.05, 4.69) is 20.2 Å². The van der Waals surface area contributed by atoms with Gasteiger partial charge in [-0.1, -0.05) is 23.2 Å². The van der Waals surface area contributed by atoms with Gasteiger partial charge in [-0.15, -0.1) is 10.2 Å². The maximum atomic E-state index is 6.08. The minimum Gasteiger partial charge on any atom is -0.274 e. The first-order valence-corrected chi connectivity index (χ1v) is 6.33. The Labute approximate surface area is 119 Å². The molecule has 0 aliphatic rings. The van der Waals surface area contributed by atoms with E-state index in [1.54, 1.807) is 18.3 Å². The third-order valence-corrected chi connectivity index (χ3v) is 3.41. The lowest BCUT2D eigenvalue weighted by atomic mass is 10.3. The molecular formula is C12H9Cl2N5. The van der Waals surface area contributed by atoms with Crippen molar-refractivity contribution < 1.29 is 0 Å². The second kappa shape index (κ2) is 4.43. The first kappa shape index (κ1) is 12.3. The fourth-order valence-corrected chi connectivity index (χ4v) is 2.21. The van der Waals surface area contributed by atoms with Crippen molar-refractivity contribution in [2.75, 3.05) is 0 Å². The number of pyridine rings is 1. The monoisotopic (exact) mass is 293 g/mol. The topological polar surface area (TPSA) is 56.0 Å². The van der Waals surface area contributed by atoms with Gasteiger partial charge in [-0.2, -0.15) is 0 Å². The summed E-state index contributed by atoms with van der Waals surface area (Å²) in [6.45, 7) is 3.83. The van der Waals surface area contributed by atoms with Gasteiger partial charge in [-0.3, -0.25) is 9.38 Å². The Bertz CT molecular complexity index is 764. The summed E-state index contributed by atoms with van der Waals surface area (Å²) < 4.78 is 1.85. The molecule has 0 aliphatic carbocycles. The fraction of sp³-hybridized carbons (Fsp3) is 0.167. The molecule has 0 unspecified atom stereocenters. The van der Waals surface area contributed by atoms with Crippen LogP contribution in [0.1, 0.15) is 11.4 Å². The van der Waals surface area contributed by atoms with E-state index in [-0.39, 0.29) is 0 Å². The normalized spacial score (nSPS) is 11.2. The molecule has 0 fully saturated rings. The molecule has 0 atom stereocenters. The van der Waals surface area contributed by atoms with E-state index in [1.165, 1.54) is 0 Å². The highest BCUT2D eigenvalue weighted by Gasteiger charge is 2.16. The van der Waals surface area contributed by atoms with Crippen molar-refractivity contribution in [1.29, 1.82) is 0 Å². The number of hydrogen-bond acceptors (Lipinski definition) is 4. The lowest BCUT2D eigenvalue weighted by Crippen LogP contribution is -2.01. The van der Waals surface area contributed by atoms with Crippen molar-refractivity contribution in [2.45, 2.75) is 13.8 Å². The highest BCUT2D eigenvalue weighted by Crippen LogP contribution is 2.23. The van der Waals surface area contributed by atoms with Gasteiger partial charge in [0, 0.05) is 11.9 Å². The maximum absolute atomic E-state index is 6.08. The van der Waals surface area contributed by atoms with E-state index < -0.39 is 0 Å². The van der Waals surface area contributed by atoms with Crippen LogP contribution in [0.5, 0.6) is 0 Å². The summed E-state index contributed by atoms with van der Waals surface area (Å²) in [7, 11) is 0. The van der Waals surface area contributed by atoms with E-state index >= 15 is 0 Å². The van der Waals surface area contributed by atoms with Gasteiger partial charge in [0.2, 0.25) is 0 Å². The van der Waals surface area contributed by atoms with Crippen molar-refractivity contribution in [3.8, 4) is 11.5 Å². The molecule has 3 aromatic rings. The van der Waals surface area contributed by atoms with E-state index in [4.69, 9.17) is 23.2 Å². The van der Waals surface area contributed by atoms with Crippen LogP contribution in [0.2, 0.25) is 10.2 Å². The quantitative estimate of drug-likeness (QED) is 0.692. The lowest BCUT2D eigenvalue weighted by molar-refractivity contribution is 0.994. The Morgan fingerprint density at radius 1 is 1.11 bits per heavy atom. The zero-order chi connectivity index (χ0) is 13.6. The molecule has 7 heteroatoms. The fourth-order valence-electron chi connectivity index (χ4n) is 1.85. The molecule has 3 aromatic heterocycles. The molecule has 0 aromatic carbocycles. The predicted molar refractivity (Wildman–Crippen MR) is 73.5 cm³/mol. The molecule has 0 N–H and O–H groups in total. The second-order valence-corrected chi connectivity index (χ2v) is 4.91. The van der Waals surface area contributed by atoms with Crippen LogP contribution < -0.4 is 0 Å². The number of nitrogens with zero attached hydrogens (tertiary/aromatic N) is 5. The van der Waals surface area contributed by atoms with Gasteiger partial charge in [0.05, 0.1) is 10.7 Å². The van der Waals surface area contributed by atoms with Crippen LogP contribution >= 0.6 is 23.2 Å². The van der Waals surface area contributed by atoms with Crippen molar-refractivity contribution in [3.05, 3.63) is 39.9 Å². The highest BCUT2D eigenvalue weighted by atomic mass is 35.5. The molecule has 0 amide bonds. The number of fused-ring (bicyclic) bond motifs is 1. The van der Waals surface area contributed by atoms with Crippen LogP contribution in [-0.4, -0.2) is 24.6 Å². The van der Waals surface area contributed by atoms with Crippen LogP contribution in [0.3, 0.4) is 0 Å². The highest BCUT2D eigenvalue weighted by molar-refractivity contribution is 6.32. The Balaban J connectivity index is 2.34. The van der Waals surface area contributed by atoms with Crippen molar-refractivity contribution >= 4 is 28.8 Å². The second-order valence-electron chi connectivity index (χ2n) is 4.12. The Kier molecular flexibility index (Phi) is 2.88. The molecule has 0 radical (unpaired) electrons. The largest absolute Gasteiger partial charge is 0.274 e. The molecule has 0 saturated heterocycles. The zero-order valence-corrected chi connectivity index (χ0v) is 11.7. The van der Waals surface area contributed by atoms with Crippen LogP contribution in [0.15, 0.2) is 18.3 Å². The van der Waals surface area contributed by atoms with Gasteiger partial charge in [0.15, 0.2) is 16.6 Å². The van der Waals surface area contributed by atoms with Crippen LogP contribution in [-0.2, 0) is 0 Å². The van der Waals surface area contributed by atoms with Gasteiger partial charge in [-0.05, 0) is 26.0 Å². The average Bonchev–Trinajstić information content (AvgIpc) is 2.82. The summed E-state index contributed by atoms with van der Waals surface area (Å²) in [6.07, 6.45) is 1.57. The summed E-state index contributed by atoms with van der Waals surface area (Å²) in [6, 6.07) is 3.55. The van der Waals surface area contributed by atoms with Crippen LogP contribution in [0.25, 0.3) is 17.2 Å². The average molecular weight is 294 g/mol. The summed E-state index contributed by atoms with van der Waals surface area (Å²) in [5, 5.41) is 9.11. The third kappa shape index (κ3) is 1.95. The van der Waals surface area contributed by atoms with E-state index in [0.29, 0.717) is 27.3 Å². The van der Waals surface area contributed by atoms with Crippen LogP contribution in [0, 0.1) is 13.8 Å². The third-order valence-electron chi connectivity index (χ3n) is 2.93. The molecule has 5 nitrogen and oxygen atoms in total. The van der Waals surface area contributed by atoms with E-state index in [1.807, 2.05) is 18.2 Å². The number of aromatic nitrogens is 5. The summed E-state index contributed by atoms with van der Waals surface area (Å²) in [5.74, 6) is 0.622.